The first kappa shape index (κ1) is 20.0. The Morgan fingerprint density at radius 1 is 1.15 bits per heavy atom. The summed E-state index contributed by atoms with van der Waals surface area (Å²) in [4.78, 5) is 0.145. The molecule has 0 aliphatic carbocycles. The lowest BCUT2D eigenvalue weighted by Crippen LogP contribution is -2.42. The number of aliphatic hydroxyl groups excluding tert-OH is 1. The van der Waals surface area contributed by atoms with Crippen LogP contribution >= 0.6 is 0 Å². The van der Waals surface area contributed by atoms with Crippen LogP contribution in [0, 0.1) is 19.3 Å². The molecule has 2 atom stereocenters. The molecule has 0 saturated heterocycles. The molecular weight excluding hydrogens is 350 g/mol. The maximum Gasteiger partial charge on any atom is 0.244 e. The number of nitrogens with zero attached hydrogens (tertiary/aromatic N) is 1. The third-order valence-electron chi connectivity index (χ3n) is 4.24. The Kier molecular flexibility index (Phi) is 6.43. The van der Waals surface area contributed by atoms with E-state index in [1.165, 1.54) is 0 Å². The number of ether oxygens (including phenoxy) is 1. The number of aliphatic hydroxyl groups is 1. The van der Waals surface area contributed by atoms with Gasteiger partial charge in [0.1, 0.15) is 5.75 Å². The first-order valence-corrected chi connectivity index (χ1v) is 9.59. The second-order valence-electron chi connectivity index (χ2n) is 6.03. The molecule has 5 nitrogen and oxygen atoms in total. The van der Waals surface area contributed by atoms with Crippen molar-refractivity contribution in [3.8, 4) is 18.1 Å². The lowest BCUT2D eigenvalue weighted by atomic mass is 10.0. The number of benzene rings is 2. The Bertz CT molecular complexity index is 868. The largest absolute Gasteiger partial charge is 0.497 e. The normalized spacial score (nSPS) is 13.8. The Morgan fingerprint density at radius 2 is 1.73 bits per heavy atom. The zero-order chi connectivity index (χ0) is 19.3. The molecule has 0 saturated carbocycles. The number of rotatable bonds is 7. The zero-order valence-electron chi connectivity index (χ0n) is 15.1. The molecule has 0 fully saturated rings. The van der Waals surface area contributed by atoms with Crippen LogP contribution in [-0.4, -0.2) is 37.5 Å². The van der Waals surface area contributed by atoms with E-state index in [0.29, 0.717) is 11.3 Å². The number of aryl methyl sites for hydroxylation is 1. The van der Waals surface area contributed by atoms with Gasteiger partial charge in [0.2, 0.25) is 10.0 Å². The third-order valence-corrected chi connectivity index (χ3v) is 6.19. The summed E-state index contributed by atoms with van der Waals surface area (Å²) in [5.74, 6) is 3.03. The zero-order valence-corrected chi connectivity index (χ0v) is 15.9. The molecule has 6 heteroatoms. The van der Waals surface area contributed by atoms with Gasteiger partial charge in [-0.25, -0.2) is 8.42 Å². The summed E-state index contributed by atoms with van der Waals surface area (Å²) in [6, 6.07) is 12.6. The average Bonchev–Trinajstić information content (AvgIpc) is 2.65. The van der Waals surface area contributed by atoms with Gasteiger partial charge in [-0.2, -0.15) is 4.31 Å². The van der Waals surface area contributed by atoms with Gasteiger partial charge in [0.15, 0.2) is 0 Å². The molecular formula is C20H23NO4S. The molecule has 0 bridgehead atoms. The summed E-state index contributed by atoms with van der Waals surface area (Å²) in [5, 5.41) is 10.7. The molecule has 0 radical (unpaired) electrons. The van der Waals surface area contributed by atoms with Crippen LogP contribution in [0.3, 0.4) is 0 Å². The minimum Gasteiger partial charge on any atom is -0.497 e. The van der Waals surface area contributed by atoms with E-state index in [9.17, 15) is 13.5 Å². The molecule has 1 N–H and O–H groups in total. The molecule has 0 aromatic heterocycles. The second-order valence-corrected chi connectivity index (χ2v) is 7.92. The number of methoxy groups -OCH3 is 1. The van der Waals surface area contributed by atoms with Crippen molar-refractivity contribution in [2.24, 2.45) is 0 Å². The average molecular weight is 373 g/mol. The predicted octanol–water partition coefficient (Wildman–Crippen LogP) is 2.75. The van der Waals surface area contributed by atoms with Crippen molar-refractivity contribution >= 4 is 10.0 Å². The van der Waals surface area contributed by atoms with E-state index in [2.05, 4.69) is 5.92 Å². The summed E-state index contributed by atoms with van der Waals surface area (Å²) >= 11 is 0. The number of terminal acetylenes is 1. The summed E-state index contributed by atoms with van der Waals surface area (Å²) in [7, 11) is -2.29. The van der Waals surface area contributed by atoms with E-state index < -0.39 is 22.2 Å². The van der Waals surface area contributed by atoms with Crippen LogP contribution < -0.4 is 4.74 Å². The molecule has 0 spiro atoms. The lowest BCUT2D eigenvalue weighted by Gasteiger charge is -2.30. The van der Waals surface area contributed by atoms with Gasteiger partial charge in [-0.15, -0.1) is 6.42 Å². The summed E-state index contributed by atoms with van der Waals surface area (Å²) in [6.45, 7) is 3.38. The van der Waals surface area contributed by atoms with Gasteiger partial charge in [-0.1, -0.05) is 35.7 Å². The van der Waals surface area contributed by atoms with Gasteiger partial charge >= 0.3 is 0 Å². The SMILES string of the molecule is C#CCN([C@@H](C)[C@H](O)c1ccc(OC)cc1)S(=O)(=O)c1ccc(C)cc1. The fourth-order valence-electron chi connectivity index (χ4n) is 2.62. The topological polar surface area (TPSA) is 66.8 Å². The number of sulfonamides is 1. The van der Waals surface area contributed by atoms with Crippen LogP contribution in [0.5, 0.6) is 5.75 Å². The monoisotopic (exact) mass is 373 g/mol. The molecule has 0 amide bonds. The number of hydrogen-bond acceptors (Lipinski definition) is 4. The smallest absolute Gasteiger partial charge is 0.244 e. The predicted molar refractivity (Wildman–Crippen MR) is 101 cm³/mol. The highest BCUT2D eigenvalue weighted by Gasteiger charge is 2.33. The van der Waals surface area contributed by atoms with Crippen molar-refractivity contribution in [3.63, 3.8) is 0 Å². The fourth-order valence-corrected chi connectivity index (χ4v) is 4.17. The highest BCUT2D eigenvalue weighted by molar-refractivity contribution is 7.89. The van der Waals surface area contributed by atoms with Gasteiger partial charge < -0.3 is 9.84 Å². The van der Waals surface area contributed by atoms with Crippen LogP contribution in [0.1, 0.15) is 24.2 Å². The van der Waals surface area contributed by atoms with Crippen LogP contribution in [0.2, 0.25) is 0 Å². The molecule has 0 aliphatic heterocycles. The van der Waals surface area contributed by atoms with Gasteiger partial charge in [0.05, 0.1) is 30.7 Å². The van der Waals surface area contributed by atoms with E-state index in [-0.39, 0.29) is 11.4 Å². The van der Waals surface area contributed by atoms with E-state index in [1.54, 1.807) is 62.6 Å². The Hall–Kier alpha value is -2.33. The van der Waals surface area contributed by atoms with Gasteiger partial charge in [0.25, 0.3) is 0 Å². The number of hydrogen-bond donors (Lipinski definition) is 1. The van der Waals surface area contributed by atoms with Crippen LogP contribution in [0.4, 0.5) is 0 Å². The Balaban J connectivity index is 2.35. The van der Waals surface area contributed by atoms with Crippen molar-refractivity contribution in [3.05, 3.63) is 59.7 Å². The van der Waals surface area contributed by atoms with Gasteiger partial charge in [-0.3, -0.25) is 0 Å². The van der Waals surface area contributed by atoms with Crippen LogP contribution in [-0.2, 0) is 10.0 Å². The molecule has 0 aliphatic rings. The standard InChI is InChI=1S/C20H23NO4S/c1-5-14-21(26(23,24)19-12-6-15(2)7-13-19)16(3)20(22)17-8-10-18(25-4)11-9-17/h1,6-13,16,20,22H,14H2,2-4H3/t16-,20-/m0/s1. The quantitative estimate of drug-likeness (QED) is 0.758. The van der Waals surface area contributed by atoms with Gasteiger partial charge in [0, 0.05) is 0 Å². The Labute approximate surface area is 155 Å². The molecule has 2 aromatic carbocycles. The van der Waals surface area contributed by atoms with Crippen LogP contribution in [0.25, 0.3) is 0 Å². The van der Waals surface area contributed by atoms with Crippen molar-refractivity contribution in [1.29, 1.82) is 0 Å². The van der Waals surface area contributed by atoms with Crippen molar-refractivity contribution in [2.45, 2.75) is 30.9 Å². The van der Waals surface area contributed by atoms with E-state index in [4.69, 9.17) is 11.2 Å². The van der Waals surface area contributed by atoms with Gasteiger partial charge in [-0.05, 0) is 43.7 Å². The van der Waals surface area contributed by atoms with E-state index >= 15 is 0 Å². The lowest BCUT2D eigenvalue weighted by molar-refractivity contribution is 0.103. The maximum atomic E-state index is 13.0. The molecule has 2 rings (SSSR count). The third kappa shape index (κ3) is 4.25. The summed E-state index contributed by atoms with van der Waals surface area (Å²) in [5.41, 5.74) is 1.54. The van der Waals surface area contributed by atoms with Crippen molar-refractivity contribution in [1.82, 2.24) is 4.31 Å². The fraction of sp³-hybridized carbons (Fsp3) is 0.300. The highest BCUT2D eigenvalue weighted by Crippen LogP contribution is 2.27. The molecule has 0 unspecified atom stereocenters. The first-order chi connectivity index (χ1) is 12.3. The minimum absolute atomic E-state index is 0.134. The van der Waals surface area contributed by atoms with E-state index in [0.717, 1.165) is 9.87 Å². The highest BCUT2D eigenvalue weighted by atomic mass is 32.2. The summed E-state index contributed by atoms with van der Waals surface area (Å²) in [6.07, 6.45) is 4.36. The molecule has 26 heavy (non-hydrogen) atoms. The first-order valence-electron chi connectivity index (χ1n) is 8.15. The van der Waals surface area contributed by atoms with Crippen LogP contribution in [0.15, 0.2) is 53.4 Å². The van der Waals surface area contributed by atoms with Crippen molar-refractivity contribution < 1.29 is 18.3 Å². The Morgan fingerprint density at radius 3 is 2.23 bits per heavy atom. The molecule has 138 valence electrons. The molecule has 2 aromatic rings. The van der Waals surface area contributed by atoms with Crippen molar-refractivity contribution in [2.75, 3.05) is 13.7 Å². The minimum atomic E-state index is -3.84. The second kappa shape index (κ2) is 8.37. The van der Waals surface area contributed by atoms with E-state index in [1.807, 2.05) is 6.92 Å². The summed E-state index contributed by atoms with van der Waals surface area (Å²) < 4.78 is 32.3. The maximum absolute atomic E-state index is 13.0. The molecule has 0 heterocycles.